The van der Waals surface area contributed by atoms with E-state index in [0.717, 1.165) is 33.6 Å². The Bertz CT molecular complexity index is 943. The van der Waals surface area contributed by atoms with Crippen LogP contribution >= 0.6 is 0 Å². The minimum Gasteiger partial charge on any atom is -0.292 e. The average Bonchev–Trinajstić information content (AvgIpc) is 2.77. The van der Waals surface area contributed by atoms with E-state index in [2.05, 4.69) is 91.8 Å². The fraction of sp³-hybridized carbons (Fsp3) is 0.533. The predicted octanol–water partition coefficient (Wildman–Crippen LogP) is 7.54. The second-order valence-corrected chi connectivity index (χ2v) is 11.4. The number of nitrogens with zero attached hydrogens (tertiary/aromatic N) is 2. The van der Waals surface area contributed by atoms with Crippen molar-refractivity contribution in [3.8, 4) is 0 Å². The number of hydrogen-bond donors (Lipinski definition) is 0. The minimum atomic E-state index is -1.16. The van der Waals surface area contributed by atoms with Crippen molar-refractivity contribution >= 4 is 23.2 Å². The molecule has 0 atom stereocenters. The molecule has 2 aromatic rings. The van der Waals surface area contributed by atoms with Gasteiger partial charge < -0.3 is 0 Å². The zero-order valence-electron chi connectivity index (χ0n) is 22.7. The minimum absolute atomic E-state index is 0.128. The molecule has 0 aromatic heterocycles. The molecule has 1 fully saturated rings. The Labute approximate surface area is 206 Å². The van der Waals surface area contributed by atoms with Gasteiger partial charge in [-0.3, -0.25) is 19.4 Å². The fourth-order valence-corrected chi connectivity index (χ4v) is 5.03. The summed E-state index contributed by atoms with van der Waals surface area (Å²) in [6, 6.07) is 12.6. The van der Waals surface area contributed by atoms with Gasteiger partial charge in [-0.25, -0.2) is 0 Å². The van der Waals surface area contributed by atoms with Gasteiger partial charge in [0.1, 0.15) is 12.1 Å². The fourth-order valence-electron chi connectivity index (χ4n) is 5.03. The summed E-state index contributed by atoms with van der Waals surface area (Å²) < 4.78 is 0. The molecule has 0 spiro atoms. The van der Waals surface area contributed by atoms with Gasteiger partial charge in [0, 0.05) is 0 Å². The first-order valence-electron chi connectivity index (χ1n) is 12.7. The highest BCUT2D eigenvalue weighted by atomic mass is 16.2. The Morgan fingerprint density at radius 1 is 0.588 bits per heavy atom. The van der Waals surface area contributed by atoms with Gasteiger partial charge in [-0.2, -0.15) is 0 Å². The van der Waals surface area contributed by atoms with Crippen LogP contribution < -0.4 is 9.80 Å². The van der Waals surface area contributed by atoms with Crippen molar-refractivity contribution in [1.82, 2.24) is 0 Å². The van der Waals surface area contributed by atoms with Crippen LogP contribution in [0, 0.1) is 5.41 Å². The molecule has 0 bridgehead atoms. The molecule has 0 radical (unpaired) electrons. The average molecular weight is 463 g/mol. The first-order valence-corrected chi connectivity index (χ1v) is 12.7. The van der Waals surface area contributed by atoms with Crippen LogP contribution in [-0.4, -0.2) is 18.5 Å². The smallest absolute Gasteiger partial charge is 0.243 e. The number of para-hydroxylation sites is 2. The molecule has 1 aliphatic rings. The maximum Gasteiger partial charge on any atom is 0.243 e. The van der Waals surface area contributed by atoms with Gasteiger partial charge in [-0.15, -0.1) is 0 Å². The van der Waals surface area contributed by atoms with Crippen LogP contribution in [0.15, 0.2) is 36.4 Å². The van der Waals surface area contributed by atoms with E-state index in [1.807, 2.05) is 9.80 Å². The van der Waals surface area contributed by atoms with Crippen LogP contribution in [0.2, 0.25) is 0 Å². The second-order valence-electron chi connectivity index (χ2n) is 11.4. The third-order valence-electron chi connectivity index (χ3n) is 7.07. The lowest BCUT2D eigenvalue weighted by atomic mass is 9.84. The van der Waals surface area contributed by atoms with Crippen molar-refractivity contribution in [2.45, 2.75) is 92.9 Å². The lowest BCUT2D eigenvalue weighted by molar-refractivity contribution is -0.140. The van der Waals surface area contributed by atoms with Crippen LogP contribution in [0.3, 0.4) is 0 Å². The van der Waals surface area contributed by atoms with Crippen LogP contribution in [0.1, 0.15) is 115 Å². The topological polar surface area (TPSA) is 40.6 Å². The zero-order valence-corrected chi connectivity index (χ0v) is 22.7. The number of amides is 2. The molecule has 1 aliphatic heterocycles. The summed E-state index contributed by atoms with van der Waals surface area (Å²) in [4.78, 5) is 31.6. The van der Waals surface area contributed by atoms with Crippen LogP contribution in [0.25, 0.3) is 0 Å². The lowest BCUT2D eigenvalue weighted by Crippen LogP contribution is -2.62. The molecule has 1 saturated heterocycles. The molecule has 4 nitrogen and oxygen atoms in total. The molecule has 0 unspecified atom stereocenters. The van der Waals surface area contributed by atoms with Gasteiger partial charge in [0.25, 0.3) is 0 Å². The van der Waals surface area contributed by atoms with Crippen molar-refractivity contribution < 1.29 is 9.59 Å². The summed E-state index contributed by atoms with van der Waals surface area (Å²) in [6.07, 6.45) is 0. The van der Waals surface area contributed by atoms with E-state index in [9.17, 15) is 9.59 Å². The van der Waals surface area contributed by atoms with Crippen molar-refractivity contribution in [2.75, 3.05) is 16.5 Å². The standard InChI is InChI=1S/C30H42N2O2/c1-18(2)22-13-11-14-23(19(3)4)26(22)31-17-32(29(34)30(9,10)28(31)33)27-24(20(5)6)15-12-16-25(27)21(7)8/h11-16,18-21H,17H2,1-10H3. The molecule has 3 rings (SSSR count). The van der Waals surface area contributed by atoms with Crippen molar-refractivity contribution in [2.24, 2.45) is 5.41 Å². The number of carbonyl (C=O) groups is 2. The summed E-state index contributed by atoms with van der Waals surface area (Å²) in [5.74, 6) is 0.762. The van der Waals surface area contributed by atoms with Crippen molar-refractivity contribution in [1.29, 1.82) is 0 Å². The maximum atomic E-state index is 13.9. The molecular weight excluding hydrogens is 420 g/mol. The molecule has 4 heteroatoms. The van der Waals surface area contributed by atoms with Crippen molar-refractivity contribution in [3.05, 3.63) is 58.7 Å². The first kappa shape index (κ1) is 26.0. The third kappa shape index (κ3) is 4.39. The number of benzene rings is 2. The van der Waals surface area contributed by atoms with E-state index in [0.29, 0.717) is 0 Å². The molecule has 34 heavy (non-hydrogen) atoms. The largest absolute Gasteiger partial charge is 0.292 e. The number of hydrogen-bond acceptors (Lipinski definition) is 2. The Morgan fingerprint density at radius 2 is 0.853 bits per heavy atom. The Balaban J connectivity index is 2.30. The molecular formula is C30H42N2O2. The van der Waals surface area contributed by atoms with E-state index in [1.165, 1.54) is 0 Å². The molecule has 0 saturated carbocycles. The van der Waals surface area contributed by atoms with Crippen LogP contribution in [-0.2, 0) is 9.59 Å². The highest BCUT2D eigenvalue weighted by Crippen LogP contribution is 2.43. The summed E-state index contributed by atoms with van der Waals surface area (Å²) in [5.41, 5.74) is 5.36. The summed E-state index contributed by atoms with van der Waals surface area (Å²) in [6.45, 7) is 21.1. The molecule has 0 aliphatic carbocycles. The molecule has 1 heterocycles. The lowest BCUT2D eigenvalue weighted by Gasteiger charge is -2.45. The Hall–Kier alpha value is -2.62. The zero-order chi connectivity index (χ0) is 25.5. The molecule has 2 amide bonds. The van der Waals surface area contributed by atoms with E-state index < -0.39 is 5.41 Å². The normalized spacial score (nSPS) is 16.5. The van der Waals surface area contributed by atoms with Gasteiger partial charge in [0.15, 0.2) is 0 Å². The Kier molecular flexibility index (Phi) is 7.31. The summed E-state index contributed by atoms with van der Waals surface area (Å²) in [5, 5.41) is 0. The van der Waals surface area contributed by atoms with Crippen LogP contribution in [0.5, 0.6) is 0 Å². The van der Waals surface area contributed by atoms with Crippen LogP contribution in [0.4, 0.5) is 11.4 Å². The van der Waals surface area contributed by atoms with E-state index in [1.54, 1.807) is 13.8 Å². The van der Waals surface area contributed by atoms with Gasteiger partial charge in [0.05, 0.1) is 11.4 Å². The molecule has 184 valence electrons. The van der Waals surface area contributed by atoms with Gasteiger partial charge in [-0.1, -0.05) is 91.8 Å². The second kappa shape index (κ2) is 9.56. The van der Waals surface area contributed by atoms with Gasteiger partial charge in [-0.05, 0) is 59.8 Å². The van der Waals surface area contributed by atoms with Crippen molar-refractivity contribution in [3.63, 3.8) is 0 Å². The summed E-state index contributed by atoms with van der Waals surface area (Å²) >= 11 is 0. The third-order valence-corrected chi connectivity index (χ3v) is 7.07. The predicted molar refractivity (Wildman–Crippen MR) is 143 cm³/mol. The maximum absolute atomic E-state index is 13.9. The number of anilines is 2. The highest BCUT2D eigenvalue weighted by molar-refractivity contribution is 6.19. The number of carbonyl (C=O) groups excluding carboxylic acids is 2. The van der Waals surface area contributed by atoms with E-state index >= 15 is 0 Å². The Morgan fingerprint density at radius 3 is 1.09 bits per heavy atom. The monoisotopic (exact) mass is 462 g/mol. The number of rotatable bonds is 6. The quantitative estimate of drug-likeness (QED) is 0.416. The van der Waals surface area contributed by atoms with E-state index in [4.69, 9.17) is 0 Å². The summed E-state index contributed by atoms with van der Waals surface area (Å²) in [7, 11) is 0. The highest BCUT2D eigenvalue weighted by Gasteiger charge is 2.49. The molecule has 2 aromatic carbocycles. The SMILES string of the molecule is CC(C)c1cccc(C(C)C)c1N1CN(c2c(C(C)C)cccc2C(C)C)C(=O)C(C)(C)C1=O. The van der Waals surface area contributed by atoms with Gasteiger partial charge >= 0.3 is 0 Å². The first-order chi connectivity index (χ1) is 15.8. The van der Waals surface area contributed by atoms with Gasteiger partial charge in [0.2, 0.25) is 11.8 Å². The molecule has 0 N–H and O–H groups in total. The van der Waals surface area contributed by atoms with E-state index in [-0.39, 0.29) is 42.2 Å².